The standard InChI is InChI=1S/C22H25NO6/c1-15(22(25)23-14-17-7-5-6-8-20(17)28-4)29-21(24)10-9-16-11-18(26-2)13-19(12-16)27-3/h5-13,15H,14H2,1-4H3,(H,23,25)/b10-9+/t15-/m0/s1. The van der Waals surface area contributed by atoms with Gasteiger partial charge in [-0.15, -0.1) is 0 Å². The molecule has 0 spiro atoms. The molecule has 2 aromatic rings. The highest BCUT2D eigenvalue weighted by Crippen LogP contribution is 2.23. The topological polar surface area (TPSA) is 83.1 Å². The Morgan fingerprint density at radius 2 is 1.66 bits per heavy atom. The number of amides is 1. The van der Waals surface area contributed by atoms with Gasteiger partial charge < -0.3 is 24.3 Å². The van der Waals surface area contributed by atoms with E-state index >= 15 is 0 Å². The largest absolute Gasteiger partial charge is 0.497 e. The molecule has 0 unspecified atom stereocenters. The van der Waals surface area contributed by atoms with E-state index in [0.717, 1.165) is 5.56 Å². The number of nitrogens with one attached hydrogen (secondary N) is 1. The number of hydrogen-bond acceptors (Lipinski definition) is 6. The Bertz CT molecular complexity index is 855. The number of carbonyl (C=O) groups excluding carboxylic acids is 2. The number of carbonyl (C=O) groups is 2. The van der Waals surface area contributed by atoms with E-state index in [0.29, 0.717) is 22.8 Å². The smallest absolute Gasteiger partial charge is 0.331 e. The number of rotatable bonds is 9. The molecule has 29 heavy (non-hydrogen) atoms. The molecule has 0 fully saturated rings. The van der Waals surface area contributed by atoms with Gasteiger partial charge in [0.2, 0.25) is 0 Å². The van der Waals surface area contributed by atoms with E-state index in [4.69, 9.17) is 18.9 Å². The third-order valence-electron chi connectivity index (χ3n) is 4.09. The van der Waals surface area contributed by atoms with Crippen LogP contribution in [0, 0.1) is 0 Å². The lowest BCUT2D eigenvalue weighted by Crippen LogP contribution is -2.35. The Morgan fingerprint density at radius 3 is 2.28 bits per heavy atom. The van der Waals surface area contributed by atoms with Crippen LogP contribution in [0.3, 0.4) is 0 Å². The van der Waals surface area contributed by atoms with Crippen molar-refractivity contribution < 1.29 is 28.5 Å². The minimum absolute atomic E-state index is 0.268. The predicted octanol–water partition coefficient (Wildman–Crippen LogP) is 2.97. The molecule has 154 valence electrons. The number of esters is 1. The first-order chi connectivity index (χ1) is 14.0. The third-order valence-corrected chi connectivity index (χ3v) is 4.09. The SMILES string of the molecule is COc1cc(/C=C/C(=O)O[C@@H](C)C(=O)NCc2ccccc2OC)cc(OC)c1. The normalized spacial score (nSPS) is 11.6. The number of para-hydroxylation sites is 1. The van der Waals surface area contributed by atoms with Crippen LogP contribution in [0.25, 0.3) is 6.08 Å². The summed E-state index contributed by atoms with van der Waals surface area (Å²) in [6.07, 6.45) is 1.87. The van der Waals surface area contributed by atoms with E-state index < -0.39 is 18.0 Å². The van der Waals surface area contributed by atoms with Gasteiger partial charge in [0, 0.05) is 24.3 Å². The molecule has 2 rings (SSSR count). The first kappa shape index (κ1) is 21.8. The van der Waals surface area contributed by atoms with Crippen molar-refractivity contribution in [3.8, 4) is 17.2 Å². The Labute approximate surface area is 170 Å². The summed E-state index contributed by atoms with van der Waals surface area (Å²) in [7, 11) is 4.65. The second-order valence-corrected chi connectivity index (χ2v) is 6.09. The van der Waals surface area contributed by atoms with Crippen molar-refractivity contribution >= 4 is 18.0 Å². The molecule has 0 aliphatic rings. The van der Waals surface area contributed by atoms with Crippen LogP contribution in [0.4, 0.5) is 0 Å². The molecule has 0 heterocycles. The highest BCUT2D eigenvalue weighted by atomic mass is 16.5. The molecule has 0 aliphatic carbocycles. The summed E-state index contributed by atoms with van der Waals surface area (Å²) in [4.78, 5) is 24.2. The molecular formula is C22H25NO6. The highest BCUT2D eigenvalue weighted by Gasteiger charge is 2.16. The van der Waals surface area contributed by atoms with Crippen LogP contribution in [0.2, 0.25) is 0 Å². The zero-order valence-corrected chi connectivity index (χ0v) is 16.9. The fraction of sp³-hybridized carbons (Fsp3) is 0.273. The lowest BCUT2D eigenvalue weighted by molar-refractivity contribution is -0.150. The number of benzene rings is 2. The highest BCUT2D eigenvalue weighted by molar-refractivity contribution is 5.90. The molecule has 0 saturated carbocycles. The molecule has 1 amide bonds. The average Bonchev–Trinajstić information content (AvgIpc) is 2.75. The van der Waals surface area contributed by atoms with Crippen LogP contribution >= 0.6 is 0 Å². The van der Waals surface area contributed by atoms with Crippen molar-refractivity contribution in [3.63, 3.8) is 0 Å². The molecule has 1 N–H and O–H groups in total. The summed E-state index contributed by atoms with van der Waals surface area (Å²) < 4.78 is 20.8. The second-order valence-electron chi connectivity index (χ2n) is 6.09. The van der Waals surface area contributed by atoms with E-state index in [9.17, 15) is 9.59 Å². The predicted molar refractivity (Wildman–Crippen MR) is 109 cm³/mol. The van der Waals surface area contributed by atoms with Crippen molar-refractivity contribution in [1.29, 1.82) is 0 Å². The van der Waals surface area contributed by atoms with Gasteiger partial charge in [-0.2, -0.15) is 0 Å². The van der Waals surface area contributed by atoms with Crippen LogP contribution in [0.1, 0.15) is 18.1 Å². The maximum atomic E-state index is 12.2. The van der Waals surface area contributed by atoms with E-state index in [1.807, 2.05) is 24.3 Å². The van der Waals surface area contributed by atoms with Crippen molar-refractivity contribution in [2.24, 2.45) is 0 Å². The molecule has 7 heteroatoms. The molecule has 1 atom stereocenters. The van der Waals surface area contributed by atoms with Crippen LogP contribution in [-0.4, -0.2) is 39.3 Å². The van der Waals surface area contributed by atoms with E-state index in [1.165, 1.54) is 13.0 Å². The van der Waals surface area contributed by atoms with Crippen molar-refractivity contribution in [2.75, 3.05) is 21.3 Å². The molecule has 0 bridgehead atoms. The minimum atomic E-state index is -0.943. The lowest BCUT2D eigenvalue weighted by atomic mass is 10.2. The van der Waals surface area contributed by atoms with Gasteiger partial charge in [0.1, 0.15) is 17.2 Å². The number of methoxy groups -OCH3 is 3. The summed E-state index contributed by atoms with van der Waals surface area (Å²) >= 11 is 0. The lowest BCUT2D eigenvalue weighted by Gasteiger charge is -2.13. The minimum Gasteiger partial charge on any atom is -0.497 e. The van der Waals surface area contributed by atoms with Gasteiger partial charge >= 0.3 is 5.97 Å². The maximum absolute atomic E-state index is 12.2. The van der Waals surface area contributed by atoms with Gasteiger partial charge in [0.15, 0.2) is 6.10 Å². The third kappa shape index (κ3) is 6.57. The summed E-state index contributed by atoms with van der Waals surface area (Å²) in [5, 5.41) is 2.73. The van der Waals surface area contributed by atoms with Crippen LogP contribution in [-0.2, 0) is 20.9 Å². The van der Waals surface area contributed by atoms with Gasteiger partial charge in [-0.05, 0) is 36.8 Å². The second kappa shape index (κ2) is 10.8. The van der Waals surface area contributed by atoms with Crippen molar-refractivity contribution in [1.82, 2.24) is 5.32 Å². The summed E-state index contributed by atoms with van der Waals surface area (Å²) in [6.45, 7) is 1.78. The zero-order valence-electron chi connectivity index (χ0n) is 16.9. The Hall–Kier alpha value is -3.48. The maximum Gasteiger partial charge on any atom is 0.331 e. The molecular weight excluding hydrogens is 374 g/mol. The summed E-state index contributed by atoms with van der Waals surface area (Å²) in [5.41, 5.74) is 1.53. The summed E-state index contributed by atoms with van der Waals surface area (Å²) in [5.74, 6) is 0.837. The first-order valence-electron chi connectivity index (χ1n) is 8.98. The quantitative estimate of drug-likeness (QED) is 0.516. The van der Waals surface area contributed by atoms with Crippen LogP contribution in [0.5, 0.6) is 17.2 Å². The molecule has 0 radical (unpaired) electrons. The molecule has 0 aliphatic heterocycles. The number of hydrogen-bond donors (Lipinski definition) is 1. The van der Waals surface area contributed by atoms with Crippen LogP contribution < -0.4 is 19.5 Å². The Balaban J connectivity index is 1.91. The first-order valence-corrected chi connectivity index (χ1v) is 8.98. The molecule has 7 nitrogen and oxygen atoms in total. The van der Waals surface area contributed by atoms with Crippen molar-refractivity contribution in [3.05, 3.63) is 59.7 Å². The Kier molecular flexibility index (Phi) is 8.09. The monoisotopic (exact) mass is 399 g/mol. The Morgan fingerprint density at radius 1 is 1.00 bits per heavy atom. The van der Waals surface area contributed by atoms with Crippen LogP contribution in [0.15, 0.2) is 48.5 Å². The number of ether oxygens (including phenoxy) is 4. The molecule has 0 saturated heterocycles. The van der Waals surface area contributed by atoms with Gasteiger partial charge in [0.05, 0.1) is 21.3 Å². The molecule has 0 aromatic heterocycles. The van der Waals surface area contributed by atoms with E-state index in [1.54, 1.807) is 45.6 Å². The summed E-state index contributed by atoms with van der Waals surface area (Å²) in [6, 6.07) is 12.6. The van der Waals surface area contributed by atoms with Gasteiger partial charge in [-0.3, -0.25) is 4.79 Å². The molecule has 2 aromatic carbocycles. The van der Waals surface area contributed by atoms with E-state index in [-0.39, 0.29) is 6.54 Å². The van der Waals surface area contributed by atoms with Gasteiger partial charge in [-0.1, -0.05) is 18.2 Å². The fourth-order valence-electron chi connectivity index (χ4n) is 2.53. The zero-order chi connectivity index (χ0) is 21.2. The van der Waals surface area contributed by atoms with Crippen molar-refractivity contribution in [2.45, 2.75) is 19.6 Å². The van der Waals surface area contributed by atoms with E-state index in [2.05, 4.69) is 5.32 Å². The fourth-order valence-corrected chi connectivity index (χ4v) is 2.53. The van der Waals surface area contributed by atoms with Gasteiger partial charge in [0.25, 0.3) is 5.91 Å². The average molecular weight is 399 g/mol. The van der Waals surface area contributed by atoms with Gasteiger partial charge in [-0.25, -0.2) is 4.79 Å².